The average molecular weight is 487 g/mol. The first-order valence-electron chi connectivity index (χ1n) is 11.9. The lowest BCUT2D eigenvalue weighted by Crippen LogP contribution is -2.31. The first-order valence-corrected chi connectivity index (χ1v) is 11.9. The van der Waals surface area contributed by atoms with Crippen molar-refractivity contribution >= 4 is 23.4 Å². The Morgan fingerprint density at radius 3 is 2.08 bits per heavy atom. The molecule has 7 nitrogen and oxygen atoms in total. The number of ether oxygens (including phenoxy) is 2. The summed E-state index contributed by atoms with van der Waals surface area (Å²) in [6.07, 6.45) is 0.553. The second-order valence-electron chi connectivity index (χ2n) is 9.72. The predicted octanol–water partition coefficient (Wildman–Crippen LogP) is 5.66. The van der Waals surface area contributed by atoms with Crippen molar-refractivity contribution in [2.24, 2.45) is 0 Å². The molecule has 0 atom stereocenters. The lowest BCUT2D eigenvalue weighted by molar-refractivity contribution is 0.0638. The lowest BCUT2D eigenvalue weighted by Gasteiger charge is -2.19. The average Bonchev–Trinajstić information content (AvgIpc) is 3.09. The van der Waals surface area contributed by atoms with Crippen LogP contribution >= 0.6 is 0 Å². The normalized spacial score (nSPS) is 13.1. The van der Waals surface area contributed by atoms with E-state index in [4.69, 9.17) is 9.47 Å². The van der Waals surface area contributed by atoms with Gasteiger partial charge in [0.1, 0.15) is 11.5 Å². The molecule has 1 aliphatic heterocycles. The summed E-state index contributed by atoms with van der Waals surface area (Å²) in [5.41, 5.74) is 2.73. The van der Waals surface area contributed by atoms with Crippen molar-refractivity contribution < 1.29 is 23.9 Å². The number of methoxy groups -OCH3 is 1. The number of hydrogen-bond acceptors (Lipinski definition) is 5. The van der Waals surface area contributed by atoms with Gasteiger partial charge < -0.3 is 14.8 Å². The van der Waals surface area contributed by atoms with Crippen LogP contribution < -0.4 is 10.1 Å². The Labute approximate surface area is 211 Å². The first kappa shape index (κ1) is 25.1. The van der Waals surface area contributed by atoms with Crippen molar-refractivity contribution in [2.45, 2.75) is 32.6 Å². The summed E-state index contributed by atoms with van der Waals surface area (Å²) >= 11 is 0. The zero-order chi connectivity index (χ0) is 25.9. The van der Waals surface area contributed by atoms with Gasteiger partial charge in [0.25, 0.3) is 17.7 Å². The van der Waals surface area contributed by atoms with Gasteiger partial charge in [0.2, 0.25) is 0 Å². The number of imide groups is 1. The highest BCUT2D eigenvalue weighted by Gasteiger charge is 2.35. The molecule has 0 aromatic heterocycles. The van der Waals surface area contributed by atoms with Gasteiger partial charge in [-0.25, -0.2) is 0 Å². The van der Waals surface area contributed by atoms with Crippen LogP contribution in [0, 0.1) is 0 Å². The lowest BCUT2D eigenvalue weighted by atomic mass is 9.87. The standard InChI is InChI=1S/C29H30N2O5/c1-29(2,3)20-7-11-22(12-8-20)36-23-13-9-21(10-14-23)30-26(32)19-6-15-24-25(18-19)28(34)31(27(24)33)16-5-17-35-4/h6-15,18H,5,16-17H2,1-4H3,(H,30,32). The van der Waals surface area contributed by atoms with Crippen molar-refractivity contribution in [3.05, 3.63) is 89.0 Å². The highest BCUT2D eigenvalue weighted by molar-refractivity contribution is 6.22. The molecule has 3 amide bonds. The van der Waals surface area contributed by atoms with Crippen LogP contribution in [0.4, 0.5) is 5.69 Å². The fourth-order valence-corrected chi connectivity index (χ4v) is 3.97. The van der Waals surface area contributed by atoms with Crippen molar-refractivity contribution in [1.82, 2.24) is 4.90 Å². The van der Waals surface area contributed by atoms with Gasteiger partial charge >= 0.3 is 0 Å². The van der Waals surface area contributed by atoms with E-state index in [0.29, 0.717) is 35.6 Å². The number of carbonyl (C=O) groups is 3. The third-order valence-electron chi connectivity index (χ3n) is 6.03. The van der Waals surface area contributed by atoms with Crippen LogP contribution in [0.15, 0.2) is 66.7 Å². The summed E-state index contributed by atoms with van der Waals surface area (Å²) in [7, 11) is 1.57. The minimum atomic E-state index is -0.391. The number of carbonyl (C=O) groups excluding carboxylic acids is 3. The van der Waals surface area contributed by atoms with E-state index in [2.05, 4.69) is 38.2 Å². The van der Waals surface area contributed by atoms with Crippen molar-refractivity contribution in [3.63, 3.8) is 0 Å². The summed E-state index contributed by atoms with van der Waals surface area (Å²) in [5.74, 6) is 0.266. The molecule has 0 saturated carbocycles. The number of hydrogen-bond donors (Lipinski definition) is 1. The molecule has 0 saturated heterocycles. The molecule has 3 aromatic rings. The van der Waals surface area contributed by atoms with E-state index >= 15 is 0 Å². The Morgan fingerprint density at radius 2 is 1.47 bits per heavy atom. The molecule has 0 fully saturated rings. The van der Waals surface area contributed by atoms with Crippen LogP contribution in [0.1, 0.15) is 63.8 Å². The molecule has 7 heteroatoms. The number of nitrogens with one attached hydrogen (secondary N) is 1. The minimum Gasteiger partial charge on any atom is -0.457 e. The van der Waals surface area contributed by atoms with Gasteiger partial charge in [-0.3, -0.25) is 19.3 Å². The number of benzene rings is 3. The molecule has 1 heterocycles. The van der Waals surface area contributed by atoms with Crippen molar-refractivity contribution in [3.8, 4) is 11.5 Å². The Balaban J connectivity index is 1.39. The van der Waals surface area contributed by atoms with Crippen LogP contribution in [-0.4, -0.2) is 42.9 Å². The molecule has 1 aliphatic rings. The van der Waals surface area contributed by atoms with E-state index in [1.807, 2.05) is 12.1 Å². The van der Waals surface area contributed by atoms with E-state index in [9.17, 15) is 14.4 Å². The molecule has 4 rings (SSSR count). The fourth-order valence-electron chi connectivity index (χ4n) is 3.97. The number of amides is 3. The Hall–Kier alpha value is -3.97. The summed E-state index contributed by atoms with van der Waals surface area (Å²) in [4.78, 5) is 39.3. The van der Waals surface area contributed by atoms with E-state index in [-0.39, 0.29) is 29.3 Å². The second-order valence-corrected chi connectivity index (χ2v) is 9.72. The van der Waals surface area contributed by atoms with E-state index < -0.39 is 5.91 Å². The van der Waals surface area contributed by atoms with Gasteiger partial charge in [-0.2, -0.15) is 0 Å². The largest absolute Gasteiger partial charge is 0.457 e. The smallest absolute Gasteiger partial charge is 0.261 e. The number of nitrogens with zero attached hydrogens (tertiary/aromatic N) is 1. The van der Waals surface area contributed by atoms with Gasteiger partial charge in [-0.1, -0.05) is 32.9 Å². The summed E-state index contributed by atoms with van der Waals surface area (Å²) in [5, 5.41) is 2.82. The zero-order valence-electron chi connectivity index (χ0n) is 21.0. The Kier molecular flexibility index (Phi) is 7.22. The van der Waals surface area contributed by atoms with Crippen LogP contribution in [-0.2, 0) is 10.2 Å². The molecule has 0 radical (unpaired) electrons. The number of rotatable bonds is 8. The van der Waals surface area contributed by atoms with Gasteiger partial charge in [0, 0.05) is 31.5 Å². The quantitative estimate of drug-likeness (QED) is 0.328. The second kappa shape index (κ2) is 10.3. The van der Waals surface area contributed by atoms with Crippen LogP contribution in [0.3, 0.4) is 0 Å². The molecular weight excluding hydrogens is 456 g/mol. The van der Waals surface area contributed by atoms with E-state index in [1.165, 1.54) is 22.6 Å². The number of anilines is 1. The van der Waals surface area contributed by atoms with Crippen LogP contribution in [0.5, 0.6) is 11.5 Å². The third kappa shape index (κ3) is 5.47. The van der Waals surface area contributed by atoms with Gasteiger partial charge in [-0.05, 0) is 72.0 Å². The summed E-state index contributed by atoms with van der Waals surface area (Å²) in [6.45, 7) is 7.21. The molecule has 0 aliphatic carbocycles. The molecule has 0 unspecified atom stereocenters. The van der Waals surface area contributed by atoms with Gasteiger partial charge in [0.15, 0.2) is 0 Å². The zero-order valence-corrected chi connectivity index (χ0v) is 21.0. The highest BCUT2D eigenvalue weighted by Crippen LogP contribution is 2.28. The molecule has 3 aromatic carbocycles. The fraction of sp³-hybridized carbons (Fsp3) is 0.276. The van der Waals surface area contributed by atoms with Gasteiger partial charge in [0.05, 0.1) is 11.1 Å². The monoisotopic (exact) mass is 486 g/mol. The first-order chi connectivity index (χ1) is 17.2. The molecule has 186 valence electrons. The minimum absolute atomic E-state index is 0.0729. The Morgan fingerprint density at radius 1 is 0.861 bits per heavy atom. The maximum Gasteiger partial charge on any atom is 0.261 e. The van der Waals surface area contributed by atoms with Crippen molar-refractivity contribution in [1.29, 1.82) is 0 Å². The summed E-state index contributed by atoms with van der Waals surface area (Å²) in [6, 6.07) is 19.6. The topological polar surface area (TPSA) is 84.9 Å². The van der Waals surface area contributed by atoms with Crippen molar-refractivity contribution in [2.75, 3.05) is 25.6 Å². The number of fused-ring (bicyclic) bond motifs is 1. The molecule has 36 heavy (non-hydrogen) atoms. The van der Waals surface area contributed by atoms with Gasteiger partial charge in [-0.15, -0.1) is 0 Å². The van der Waals surface area contributed by atoms with Crippen LogP contribution in [0.25, 0.3) is 0 Å². The van der Waals surface area contributed by atoms with Crippen LogP contribution in [0.2, 0.25) is 0 Å². The predicted molar refractivity (Wildman–Crippen MR) is 138 cm³/mol. The summed E-state index contributed by atoms with van der Waals surface area (Å²) < 4.78 is 10.9. The molecular formula is C29H30N2O5. The maximum atomic E-state index is 12.8. The SMILES string of the molecule is COCCCN1C(=O)c2ccc(C(=O)Nc3ccc(Oc4ccc(C(C)(C)C)cc4)cc3)cc2C1=O. The van der Waals surface area contributed by atoms with E-state index in [0.717, 1.165) is 5.75 Å². The molecule has 1 N–H and O–H groups in total. The maximum absolute atomic E-state index is 12.8. The molecule has 0 spiro atoms. The molecule has 0 bridgehead atoms. The Bertz CT molecular complexity index is 1270. The third-order valence-corrected chi connectivity index (χ3v) is 6.03. The van der Waals surface area contributed by atoms with E-state index in [1.54, 1.807) is 37.4 Å². The highest BCUT2D eigenvalue weighted by atomic mass is 16.5.